The molecule has 0 saturated heterocycles. The van der Waals surface area contributed by atoms with E-state index in [9.17, 15) is 9.90 Å². The average Bonchev–Trinajstić information content (AvgIpc) is 2.20. The number of aromatic nitrogens is 2. The topological polar surface area (TPSA) is 87.4 Å². The smallest absolute Gasteiger partial charge is 0.293 e. The van der Waals surface area contributed by atoms with Crippen LogP contribution in [0.15, 0.2) is 17.2 Å². The van der Waals surface area contributed by atoms with Crippen LogP contribution >= 0.6 is 0 Å². The first kappa shape index (κ1) is 11.7. The molecule has 1 rings (SSSR count). The van der Waals surface area contributed by atoms with Crippen molar-refractivity contribution in [2.45, 2.75) is 12.5 Å². The van der Waals surface area contributed by atoms with Crippen molar-refractivity contribution in [3.05, 3.63) is 22.7 Å². The molecule has 1 aromatic heterocycles. The first-order valence-electron chi connectivity index (χ1n) is 4.55. The van der Waals surface area contributed by atoms with Crippen molar-refractivity contribution < 1.29 is 10.2 Å². The molecule has 0 saturated carbocycles. The van der Waals surface area contributed by atoms with Gasteiger partial charge >= 0.3 is 0 Å². The second-order valence-electron chi connectivity index (χ2n) is 3.70. The summed E-state index contributed by atoms with van der Waals surface area (Å²) in [6.07, 6.45) is 3.02. The van der Waals surface area contributed by atoms with Gasteiger partial charge in [0.05, 0.1) is 6.61 Å². The number of aryl methyl sites for hydroxylation is 1. The lowest BCUT2D eigenvalue weighted by Gasteiger charge is -2.20. The van der Waals surface area contributed by atoms with Gasteiger partial charge in [0.25, 0.3) is 5.56 Å². The Morgan fingerprint density at radius 1 is 1.67 bits per heavy atom. The van der Waals surface area contributed by atoms with Gasteiger partial charge in [-0.15, -0.1) is 0 Å². The van der Waals surface area contributed by atoms with Crippen molar-refractivity contribution in [2.24, 2.45) is 7.05 Å². The number of anilines is 1. The summed E-state index contributed by atoms with van der Waals surface area (Å²) in [5.74, 6) is 0.161. The maximum Gasteiger partial charge on any atom is 0.293 e. The van der Waals surface area contributed by atoms with Gasteiger partial charge in [-0.1, -0.05) is 0 Å². The van der Waals surface area contributed by atoms with Gasteiger partial charge in [-0.2, -0.15) is 0 Å². The zero-order chi connectivity index (χ0) is 11.5. The fraction of sp³-hybridized carbons (Fsp3) is 0.556. The van der Waals surface area contributed by atoms with Gasteiger partial charge in [-0.05, 0) is 6.92 Å². The third-order valence-electron chi connectivity index (χ3n) is 1.99. The van der Waals surface area contributed by atoms with Crippen LogP contribution in [0.1, 0.15) is 6.92 Å². The third-order valence-corrected chi connectivity index (χ3v) is 1.99. The molecule has 0 aromatic carbocycles. The minimum absolute atomic E-state index is 0.0652. The highest BCUT2D eigenvalue weighted by molar-refractivity contribution is 5.31. The number of rotatable bonds is 4. The Hall–Kier alpha value is -1.40. The fourth-order valence-electron chi connectivity index (χ4n) is 0.949. The number of nitrogens with zero attached hydrogens (tertiary/aromatic N) is 2. The van der Waals surface area contributed by atoms with Gasteiger partial charge in [0, 0.05) is 26.0 Å². The van der Waals surface area contributed by atoms with Crippen LogP contribution in [0.3, 0.4) is 0 Å². The number of aliphatic hydroxyl groups is 2. The van der Waals surface area contributed by atoms with Gasteiger partial charge < -0.3 is 20.1 Å². The minimum Gasteiger partial charge on any atom is -0.393 e. The molecule has 6 heteroatoms. The molecule has 0 aliphatic carbocycles. The largest absolute Gasteiger partial charge is 0.393 e. The van der Waals surface area contributed by atoms with Crippen LogP contribution < -0.4 is 10.9 Å². The number of aliphatic hydroxyl groups excluding tert-OH is 1. The molecular weight excluding hydrogens is 198 g/mol. The maximum absolute atomic E-state index is 11.5. The molecule has 6 nitrogen and oxygen atoms in total. The van der Waals surface area contributed by atoms with Crippen molar-refractivity contribution in [1.29, 1.82) is 0 Å². The Morgan fingerprint density at radius 3 is 2.93 bits per heavy atom. The van der Waals surface area contributed by atoms with E-state index in [1.807, 2.05) is 0 Å². The van der Waals surface area contributed by atoms with Crippen LogP contribution in [-0.4, -0.2) is 38.5 Å². The SMILES string of the molecule is Cn1ccnc(NCC(C)(O)CO)c1=O. The molecule has 3 N–H and O–H groups in total. The summed E-state index contributed by atoms with van der Waals surface area (Å²) < 4.78 is 1.38. The van der Waals surface area contributed by atoms with Crippen molar-refractivity contribution in [1.82, 2.24) is 9.55 Å². The molecule has 84 valence electrons. The van der Waals surface area contributed by atoms with Crippen LogP contribution in [0.2, 0.25) is 0 Å². The molecule has 0 aliphatic rings. The van der Waals surface area contributed by atoms with E-state index >= 15 is 0 Å². The summed E-state index contributed by atoms with van der Waals surface area (Å²) in [6, 6.07) is 0. The fourth-order valence-corrected chi connectivity index (χ4v) is 0.949. The molecule has 1 heterocycles. The van der Waals surface area contributed by atoms with Gasteiger partial charge in [-0.3, -0.25) is 4.79 Å². The lowest BCUT2D eigenvalue weighted by molar-refractivity contribution is 0.0131. The second kappa shape index (κ2) is 4.41. The maximum atomic E-state index is 11.5. The molecule has 0 fully saturated rings. The standard InChI is InChI=1S/C9H15N3O3/c1-9(15,6-13)5-11-7-8(14)12(2)4-3-10-7/h3-4,13,15H,5-6H2,1-2H3,(H,10,11). The zero-order valence-corrected chi connectivity index (χ0v) is 8.77. The van der Waals surface area contributed by atoms with E-state index < -0.39 is 5.60 Å². The molecule has 0 aliphatic heterocycles. The monoisotopic (exact) mass is 213 g/mol. The van der Waals surface area contributed by atoms with E-state index in [2.05, 4.69) is 10.3 Å². The van der Waals surface area contributed by atoms with Gasteiger partial charge in [0.1, 0.15) is 5.60 Å². The van der Waals surface area contributed by atoms with Gasteiger partial charge in [0.15, 0.2) is 5.82 Å². The van der Waals surface area contributed by atoms with Crippen molar-refractivity contribution >= 4 is 5.82 Å². The van der Waals surface area contributed by atoms with E-state index in [1.54, 1.807) is 7.05 Å². The Balaban J connectivity index is 2.75. The first-order chi connectivity index (χ1) is 6.96. The summed E-state index contributed by atoms with van der Waals surface area (Å²) in [7, 11) is 1.61. The second-order valence-corrected chi connectivity index (χ2v) is 3.70. The zero-order valence-electron chi connectivity index (χ0n) is 8.77. The quantitative estimate of drug-likeness (QED) is 0.593. The molecule has 15 heavy (non-hydrogen) atoms. The number of nitrogens with one attached hydrogen (secondary N) is 1. The highest BCUT2D eigenvalue weighted by atomic mass is 16.3. The van der Waals surface area contributed by atoms with Crippen LogP contribution in [0.5, 0.6) is 0 Å². The molecule has 1 atom stereocenters. The van der Waals surface area contributed by atoms with E-state index in [1.165, 1.54) is 23.9 Å². The van der Waals surface area contributed by atoms with Crippen LogP contribution in [0, 0.1) is 0 Å². The first-order valence-corrected chi connectivity index (χ1v) is 4.55. The van der Waals surface area contributed by atoms with Crippen molar-refractivity contribution in [3.63, 3.8) is 0 Å². The predicted octanol–water partition coefficient (Wildman–Crippen LogP) is -1.06. The number of hydrogen-bond donors (Lipinski definition) is 3. The summed E-state index contributed by atoms with van der Waals surface area (Å²) in [5.41, 5.74) is -1.53. The average molecular weight is 213 g/mol. The van der Waals surface area contributed by atoms with E-state index in [0.717, 1.165) is 0 Å². The van der Waals surface area contributed by atoms with E-state index in [-0.39, 0.29) is 24.5 Å². The van der Waals surface area contributed by atoms with Crippen molar-refractivity contribution in [2.75, 3.05) is 18.5 Å². The summed E-state index contributed by atoms with van der Waals surface area (Å²) in [4.78, 5) is 15.3. The highest BCUT2D eigenvalue weighted by Gasteiger charge is 2.19. The van der Waals surface area contributed by atoms with E-state index in [4.69, 9.17) is 5.11 Å². The number of hydrogen-bond acceptors (Lipinski definition) is 5. The molecular formula is C9H15N3O3. The van der Waals surface area contributed by atoms with Crippen LogP contribution in [0.4, 0.5) is 5.82 Å². The van der Waals surface area contributed by atoms with Crippen molar-refractivity contribution in [3.8, 4) is 0 Å². The van der Waals surface area contributed by atoms with Gasteiger partial charge in [0.2, 0.25) is 0 Å². The summed E-state index contributed by atoms with van der Waals surface area (Å²) in [5, 5.41) is 21.0. The Bertz CT molecular complexity index is 386. The predicted molar refractivity (Wildman–Crippen MR) is 55.7 cm³/mol. The minimum atomic E-state index is -1.26. The highest BCUT2D eigenvalue weighted by Crippen LogP contribution is 2.02. The molecule has 0 bridgehead atoms. The normalized spacial score (nSPS) is 14.7. The lowest BCUT2D eigenvalue weighted by atomic mass is 10.1. The Morgan fingerprint density at radius 2 is 2.33 bits per heavy atom. The van der Waals surface area contributed by atoms with Crippen LogP contribution in [-0.2, 0) is 7.05 Å². The molecule has 0 amide bonds. The molecule has 1 unspecified atom stereocenters. The summed E-state index contributed by atoms with van der Waals surface area (Å²) in [6.45, 7) is 1.15. The Kier molecular flexibility index (Phi) is 3.43. The molecule has 1 aromatic rings. The lowest BCUT2D eigenvalue weighted by Crippen LogP contribution is -2.38. The Labute approximate surface area is 87.2 Å². The van der Waals surface area contributed by atoms with Gasteiger partial charge in [-0.25, -0.2) is 4.98 Å². The molecule has 0 spiro atoms. The summed E-state index contributed by atoms with van der Waals surface area (Å²) >= 11 is 0. The van der Waals surface area contributed by atoms with E-state index in [0.29, 0.717) is 0 Å². The van der Waals surface area contributed by atoms with Crippen LogP contribution in [0.25, 0.3) is 0 Å². The molecule has 0 radical (unpaired) electrons. The third kappa shape index (κ3) is 3.03.